The van der Waals surface area contributed by atoms with E-state index >= 15 is 0 Å². The molecule has 2 aliphatic rings. The summed E-state index contributed by atoms with van der Waals surface area (Å²) in [5.74, 6) is -1.21. The molecule has 10 nitrogen and oxygen atoms in total. The maximum atomic E-state index is 13.6. The van der Waals surface area contributed by atoms with Crippen molar-refractivity contribution in [1.29, 1.82) is 0 Å². The first-order valence-corrected chi connectivity index (χ1v) is 13.5. The van der Waals surface area contributed by atoms with Crippen molar-refractivity contribution >= 4 is 40.9 Å². The normalized spacial score (nSPS) is 19.3. The number of amides is 4. The molecule has 0 bridgehead atoms. The van der Waals surface area contributed by atoms with Crippen LogP contribution in [0.1, 0.15) is 33.6 Å². The summed E-state index contributed by atoms with van der Waals surface area (Å²) in [5, 5.41) is 5.56. The molecule has 3 unspecified atom stereocenters. The summed E-state index contributed by atoms with van der Waals surface area (Å²) in [6, 6.07) is 11.2. The van der Waals surface area contributed by atoms with Crippen LogP contribution in [0.5, 0.6) is 5.06 Å². The van der Waals surface area contributed by atoms with Crippen LogP contribution in [0.25, 0.3) is 10.4 Å². The fourth-order valence-corrected chi connectivity index (χ4v) is 5.84. The molecular formula is C27H32N4O6S. The van der Waals surface area contributed by atoms with Crippen LogP contribution >= 0.6 is 11.3 Å². The zero-order valence-corrected chi connectivity index (χ0v) is 22.5. The molecule has 2 N–H and O–H groups in total. The van der Waals surface area contributed by atoms with Crippen molar-refractivity contribution in [2.24, 2.45) is 5.92 Å². The molecule has 202 valence electrons. The van der Waals surface area contributed by atoms with Crippen LogP contribution in [0.15, 0.2) is 42.5 Å². The first-order valence-electron chi connectivity index (χ1n) is 12.6. The molecule has 3 heterocycles. The molecule has 4 amide bonds. The lowest BCUT2D eigenvalue weighted by atomic mass is 10.0. The van der Waals surface area contributed by atoms with E-state index in [0.717, 1.165) is 10.4 Å². The van der Waals surface area contributed by atoms with E-state index < -0.39 is 24.2 Å². The highest BCUT2D eigenvalue weighted by Crippen LogP contribution is 2.33. The van der Waals surface area contributed by atoms with E-state index in [9.17, 15) is 24.0 Å². The quantitative estimate of drug-likeness (QED) is 0.530. The van der Waals surface area contributed by atoms with Gasteiger partial charge in [0.25, 0.3) is 0 Å². The number of Topliss-reactive ketones (excluding diaryl/α,β-unsaturated/α-hetero) is 1. The van der Waals surface area contributed by atoms with Gasteiger partial charge in [-0.3, -0.25) is 19.2 Å². The predicted octanol–water partition coefficient (Wildman–Crippen LogP) is 2.44. The van der Waals surface area contributed by atoms with E-state index in [4.69, 9.17) is 4.74 Å². The Bertz CT molecular complexity index is 1210. The van der Waals surface area contributed by atoms with Gasteiger partial charge in [0.2, 0.25) is 17.7 Å². The molecule has 3 atom stereocenters. The largest absolute Gasteiger partial charge is 0.414 e. The summed E-state index contributed by atoms with van der Waals surface area (Å²) in [4.78, 5) is 66.9. The van der Waals surface area contributed by atoms with Crippen molar-refractivity contribution < 1.29 is 28.7 Å². The highest BCUT2D eigenvalue weighted by Gasteiger charge is 2.52. The number of nitrogens with zero attached hydrogens (tertiary/aromatic N) is 2. The molecule has 2 saturated heterocycles. The second-order valence-electron chi connectivity index (χ2n) is 9.93. The van der Waals surface area contributed by atoms with Gasteiger partial charge in [-0.2, -0.15) is 0 Å². The minimum Gasteiger partial charge on any atom is -0.399 e. The average molecular weight is 541 g/mol. The summed E-state index contributed by atoms with van der Waals surface area (Å²) < 4.78 is 5.49. The second-order valence-corrected chi connectivity index (χ2v) is 11.0. The lowest BCUT2D eigenvalue weighted by Crippen LogP contribution is -2.53. The van der Waals surface area contributed by atoms with Crippen LogP contribution in [0.3, 0.4) is 0 Å². The Hall–Kier alpha value is -3.73. The lowest BCUT2D eigenvalue weighted by Gasteiger charge is -2.28. The molecule has 0 aliphatic carbocycles. The highest BCUT2D eigenvalue weighted by molar-refractivity contribution is 7.17. The SMILES string of the molecule is CC(=O)NCC(=O)N1CC(=O)C2C1CCN2C(=O)C(CC(C)C)NC(=O)Oc1ccc(-c2ccccc2)s1. The Morgan fingerprint density at radius 3 is 2.50 bits per heavy atom. The fourth-order valence-electron chi connectivity index (χ4n) is 4.98. The summed E-state index contributed by atoms with van der Waals surface area (Å²) in [7, 11) is 0. The molecule has 2 aliphatic heterocycles. The number of hydrogen-bond acceptors (Lipinski definition) is 7. The van der Waals surface area contributed by atoms with Crippen LogP contribution in [0.4, 0.5) is 4.79 Å². The topological polar surface area (TPSA) is 125 Å². The van der Waals surface area contributed by atoms with Crippen LogP contribution in [-0.4, -0.2) is 77.2 Å². The number of fused-ring (bicyclic) bond motifs is 1. The minimum absolute atomic E-state index is 0.0871. The lowest BCUT2D eigenvalue weighted by molar-refractivity contribution is -0.138. The Balaban J connectivity index is 1.41. The van der Waals surface area contributed by atoms with Gasteiger partial charge in [-0.25, -0.2) is 4.79 Å². The van der Waals surface area contributed by atoms with Gasteiger partial charge < -0.3 is 25.2 Å². The van der Waals surface area contributed by atoms with E-state index in [1.54, 1.807) is 6.07 Å². The van der Waals surface area contributed by atoms with Crippen LogP contribution in [0, 0.1) is 5.92 Å². The van der Waals surface area contributed by atoms with E-state index in [2.05, 4.69) is 10.6 Å². The summed E-state index contributed by atoms with van der Waals surface area (Å²) in [5.41, 5.74) is 1.01. The maximum absolute atomic E-state index is 13.6. The third kappa shape index (κ3) is 6.21. The molecule has 0 radical (unpaired) electrons. The number of hydrogen-bond donors (Lipinski definition) is 2. The Kier molecular flexibility index (Phi) is 8.45. The molecule has 38 heavy (non-hydrogen) atoms. The number of rotatable bonds is 8. The van der Waals surface area contributed by atoms with Gasteiger partial charge in [0.15, 0.2) is 10.8 Å². The average Bonchev–Trinajstić information content (AvgIpc) is 3.59. The van der Waals surface area contributed by atoms with Gasteiger partial charge in [0.05, 0.1) is 19.1 Å². The minimum atomic E-state index is -0.883. The molecule has 0 saturated carbocycles. The third-order valence-corrected chi connectivity index (χ3v) is 7.66. The number of ketones is 1. The van der Waals surface area contributed by atoms with E-state index in [1.165, 1.54) is 28.1 Å². The van der Waals surface area contributed by atoms with Crippen molar-refractivity contribution in [2.45, 2.75) is 51.7 Å². The van der Waals surface area contributed by atoms with Crippen molar-refractivity contribution in [1.82, 2.24) is 20.4 Å². The molecule has 0 spiro atoms. The van der Waals surface area contributed by atoms with Crippen LogP contribution in [-0.2, 0) is 19.2 Å². The number of likely N-dealkylation sites (tertiary alicyclic amines) is 2. The standard InChI is InChI=1S/C27H32N4O6S/c1-16(2)13-19(29-27(36)37-24-10-9-22(38-24)18-7-5-4-6-8-18)26(35)30-12-11-20-25(30)21(33)15-31(20)23(34)14-28-17(3)32/h4-10,16,19-20,25H,11-15H2,1-3H3,(H,28,32)(H,29,36). The fraction of sp³-hybridized carbons (Fsp3) is 0.444. The van der Waals surface area contributed by atoms with E-state index in [0.29, 0.717) is 24.4 Å². The highest BCUT2D eigenvalue weighted by atomic mass is 32.1. The Labute approximate surface area is 225 Å². The Morgan fingerprint density at radius 1 is 1.08 bits per heavy atom. The first kappa shape index (κ1) is 27.3. The smallest absolute Gasteiger partial charge is 0.399 e. The van der Waals surface area contributed by atoms with Gasteiger partial charge in [-0.1, -0.05) is 55.5 Å². The van der Waals surface area contributed by atoms with Crippen molar-refractivity contribution in [3.63, 3.8) is 0 Å². The zero-order chi connectivity index (χ0) is 27.4. The van der Waals surface area contributed by atoms with Crippen molar-refractivity contribution in [3.8, 4) is 15.5 Å². The molecule has 4 rings (SSSR count). The second kappa shape index (κ2) is 11.8. The van der Waals surface area contributed by atoms with Crippen LogP contribution < -0.4 is 15.4 Å². The van der Waals surface area contributed by atoms with Gasteiger partial charge in [0, 0.05) is 18.3 Å². The summed E-state index contributed by atoms with van der Waals surface area (Å²) >= 11 is 1.32. The van der Waals surface area contributed by atoms with Crippen molar-refractivity contribution in [2.75, 3.05) is 19.6 Å². The number of benzene rings is 1. The number of carbonyl (C=O) groups is 5. The first-order chi connectivity index (χ1) is 18.1. The molecule has 11 heteroatoms. The van der Waals surface area contributed by atoms with E-state index in [-0.39, 0.29) is 42.5 Å². The number of thiophene rings is 1. The Morgan fingerprint density at radius 2 is 1.82 bits per heavy atom. The molecule has 2 aromatic rings. The van der Waals surface area contributed by atoms with E-state index in [1.807, 2.05) is 50.2 Å². The summed E-state index contributed by atoms with van der Waals surface area (Å²) in [6.45, 7) is 5.18. The van der Waals surface area contributed by atoms with Gasteiger partial charge >= 0.3 is 6.09 Å². The zero-order valence-electron chi connectivity index (χ0n) is 21.6. The molecule has 1 aromatic heterocycles. The number of carbonyl (C=O) groups excluding carboxylic acids is 5. The monoisotopic (exact) mass is 540 g/mol. The predicted molar refractivity (Wildman–Crippen MR) is 141 cm³/mol. The molecular weight excluding hydrogens is 508 g/mol. The van der Waals surface area contributed by atoms with Gasteiger partial charge in [-0.15, -0.1) is 0 Å². The van der Waals surface area contributed by atoms with Gasteiger partial charge in [0.1, 0.15) is 12.1 Å². The third-order valence-electron chi connectivity index (χ3n) is 6.64. The van der Waals surface area contributed by atoms with Crippen molar-refractivity contribution in [3.05, 3.63) is 42.5 Å². The van der Waals surface area contributed by atoms with Gasteiger partial charge in [-0.05, 0) is 36.5 Å². The number of ether oxygens (including phenoxy) is 1. The van der Waals surface area contributed by atoms with Crippen LogP contribution in [0.2, 0.25) is 0 Å². The molecule has 1 aromatic carbocycles. The number of nitrogens with one attached hydrogen (secondary N) is 2. The maximum Gasteiger partial charge on any atom is 0.414 e. The molecule has 2 fully saturated rings. The summed E-state index contributed by atoms with van der Waals surface area (Å²) in [6.07, 6.45) is 0.0663.